The molecule has 1 fully saturated rings. The van der Waals surface area contributed by atoms with Crippen molar-refractivity contribution in [3.63, 3.8) is 0 Å². The highest BCUT2D eigenvalue weighted by Gasteiger charge is 2.28. The highest BCUT2D eigenvalue weighted by Crippen LogP contribution is 2.32. The van der Waals surface area contributed by atoms with Crippen LogP contribution in [0.2, 0.25) is 0 Å². The monoisotopic (exact) mass is 440 g/mol. The molecular weight excluding hydrogens is 408 g/mol. The first kappa shape index (κ1) is 24.0. The summed E-state index contributed by atoms with van der Waals surface area (Å²) in [5.74, 6) is -0.552. The van der Waals surface area contributed by atoms with Crippen molar-refractivity contribution >= 4 is 27.6 Å². The van der Waals surface area contributed by atoms with Crippen LogP contribution in [0, 0.1) is 0 Å². The molecule has 1 aromatic rings. The van der Waals surface area contributed by atoms with Crippen molar-refractivity contribution in [1.29, 1.82) is 0 Å². The summed E-state index contributed by atoms with van der Waals surface area (Å²) in [6.07, 6.45) is 2.56. The Bertz CT molecular complexity index is 897. The van der Waals surface area contributed by atoms with Gasteiger partial charge in [-0.05, 0) is 57.7 Å². The van der Waals surface area contributed by atoms with Gasteiger partial charge in [0.05, 0.1) is 23.3 Å². The molecular formula is C21H32N2O6S. The van der Waals surface area contributed by atoms with Crippen LogP contribution in [-0.2, 0) is 25.7 Å². The molecule has 1 saturated heterocycles. The number of ether oxygens (including phenoxy) is 2. The Kier molecular flexibility index (Phi) is 7.39. The van der Waals surface area contributed by atoms with Gasteiger partial charge in [-0.1, -0.05) is 6.92 Å². The Labute approximate surface area is 178 Å². The Balaban J connectivity index is 2.24. The van der Waals surface area contributed by atoms with Crippen LogP contribution in [0.15, 0.2) is 17.0 Å². The predicted molar refractivity (Wildman–Crippen MR) is 115 cm³/mol. The standard InChI is InChI=1S/C21H32N2O6S/c1-7-14-12-17(18(30(6,26)27)13-16(14)19(24)28-5)23-10-8-15(9-11-23)22-20(25)29-21(2,3)4/h12-13,15H,7-11H2,1-6H3,(H,22,25). The number of carbonyl (C=O) groups is 2. The van der Waals surface area contributed by atoms with E-state index in [-0.39, 0.29) is 16.5 Å². The fourth-order valence-corrected chi connectivity index (χ4v) is 4.39. The Hall–Kier alpha value is -2.29. The number of rotatable bonds is 5. The van der Waals surface area contributed by atoms with Gasteiger partial charge in [0, 0.05) is 25.4 Å². The van der Waals surface area contributed by atoms with Crippen LogP contribution in [0.1, 0.15) is 56.5 Å². The van der Waals surface area contributed by atoms with Crippen LogP contribution < -0.4 is 10.2 Å². The quantitative estimate of drug-likeness (QED) is 0.702. The molecule has 8 nitrogen and oxygen atoms in total. The third-order valence-electron chi connectivity index (χ3n) is 4.93. The zero-order chi connectivity index (χ0) is 22.7. The summed E-state index contributed by atoms with van der Waals surface area (Å²) in [6.45, 7) is 8.48. The van der Waals surface area contributed by atoms with Gasteiger partial charge in [-0.2, -0.15) is 0 Å². The van der Waals surface area contributed by atoms with E-state index in [0.29, 0.717) is 38.0 Å². The van der Waals surface area contributed by atoms with E-state index in [0.717, 1.165) is 11.8 Å². The van der Waals surface area contributed by atoms with Crippen molar-refractivity contribution in [3.05, 3.63) is 23.3 Å². The second-order valence-corrected chi connectivity index (χ2v) is 10.5. The molecule has 1 aromatic carbocycles. The number of piperidine rings is 1. The average Bonchev–Trinajstić information content (AvgIpc) is 2.64. The van der Waals surface area contributed by atoms with E-state index >= 15 is 0 Å². The summed E-state index contributed by atoms with van der Waals surface area (Å²) in [5.41, 5.74) is 1.02. The molecule has 0 aromatic heterocycles. The molecule has 30 heavy (non-hydrogen) atoms. The first-order valence-corrected chi connectivity index (χ1v) is 11.9. The van der Waals surface area contributed by atoms with Crippen LogP contribution in [-0.4, -0.2) is 58.6 Å². The zero-order valence-electron chi connectivity index (χ0n) is 18.6. The van der Waals surface area contributed by atoms with Gasteiger partial charge in [0.1, 0.15) is 5.60 Å². The fraction of sp³-hybridized carbons (Fsp3) is 0.619. The van der Waals surface area contributed by atoms with Crippen molar-refractivity contribution in [1.82, 2.24) is 5.32 Å². The summed E-state index contributed by atoms with van der Waals surface area (Å²) in [4.78, 5) is 26.2. The number of alkyl carbamates (subject to hydrolysis) is 1. The van der Waals surface area contributed by atoms with Crippen molar-refractivity contribution in [3.8, 4) is 0 Å². The van der Waals surface area contributed by atoms with Gasteiger partial charge in [0.25, 0.3) is 0 Å². The SMILES string of the molecule is CCc1cc(N2CCC(NC(=O)OC(C)(C)C)CC2)c(S(C)(=O)=O)cc1C(=O)OC. The van der Waals surface area contributed by atoms with E-state index in [1.165, 1.54) is 13.2 Å². The maximum Gasteiger partial charge on any atom is 0.407 e. The van der Waals surface area contributed by atoms with E-state index in [9.17, 15) is 18.0 Å². The molecule has 0 radical (unpaired) electrons. The molecule has 1 aliphatic rings. The van der Waals surface area contributed by atoms with E-state index in [1.807, 2.05) is 32.6 Å². The summed E-state index contributed by atoms with van der Waals surface area (Å²) < 4.78 is 35.0. The highest BCUT2D eigenvalue weighted by atomic mass is 32.2. The number of nitrogens with one attached hydrogen (secondary N) is 1. The molecule has 0 spiro atoms. The normalized spacial score (nSPS) is 15.6. The highest BCUT2D eigenvalue weighted by molar-refractivity contribution is 7.90. The molecule has 0 atom stereocenters. The number of aryl methyl sites for hydroxylation is 1. The van der Waals surface area contributed by atoms with Crippen LogP contribution in [0.3, 0.4) is 0 Å². The lowest BCUT2D eigenvalue weighted by molar-refractivity contribution is 0.0496. The molecule has 1 N–H and O–H groups in total. The molecule has 0 unspecified atom stereocenters. The third-order valence-corrected chi connectivity index (χ3v) is 6.05. The number of hydrogen-bond donors (Lipinski definition) is 1. The van der Waals surface area contributed by atoms with Gasteiger partial charge in [0.2, 0.25) is 0 Å². The number of hydrogen-bond acceptors (Lipinski definition) is 7. The molecule has 2 rings (SSSR count). The van der Waals surface area contributed by atoms with Gasteiger partial charge in [-0.15, -0.1) is 0 Å². The minimum atomic E-state index is -3.56. The number of sulfone groups is 1. The summed E-state index contributed by atoms with van der Waals surface area (Å²) in [6, 6.07) is 3.14. The molecule has 1 amide bonds. The average molecular weight is 441 g/mol. The zero-order valence-corrected chi connectivity index (χ0v) is 19.4. The van der Waals surface area contributed by atoms with Crippen molar-refractivity contribution in [2.75, 3.05) is 31.4 Å². The maximum absolute atomic E-state index is 12.4. The lowest BCUT2D eigenvalue weighted by atomic mass is 10.0. The Morgan fingerprint density at radius 2 is 1.80 bits per heavy atom. The van der Waals surface area contributed by atoms with E-state index < -0.39 is 27.5 Å². The first-order valence-electron chi connectivity index (χ1n) is 10.1. The molecule has 0 bridgehead atoms. The Morgan fingerprint density at radius 3 is 2.27 bits per heavy atom. The predicted octanol–water partition coefficient (Wildman–Crippen LogP) is 2.93. The lowest BCUT2D eigenvalue weighted by Crippen LogP contribution is -2.46. The van der Waals surface area contributed by atoms with Gasteiger partial charge in [-0.3, -0.25) is 0 Å². The number of nitrogens with zero attached hydrogens (tertiary/aromatic N) is 1. The number of benzene rings is 1. The van der Waals surface area contributed by atoms with Gasteiger partial charge < -0.3 is 19.7 Å². The molecule has 9 heteroatoms. The van der Waals surface area contributed by atoms with Crippen LogP contribution >= 0.6 is 0 Å². The lowest BCUT2D eigenvalue weighted by Gasteiger charge is -2.35. The smallest absolute Gasteiger partial charge is 0.407 e. The molecule has 1 heterocycles. The van der Waals surface area contributed by atoms with E-state index in [2.05, 4.69) is 5.32 Å². The second kappa shape index (κ2) is 9.24. The van der Waals surface area contributed by atoms with E-state index in [1.54, 1.807) is 6.07 Å². The number of esters is 1. The number of carbonyl (C=O) groups excluding carboxylic acids is 2. The summed E-state index contributed by atoms with van der Waals surface area (Å²) in [7, 11) is -2.29. The first-order chi connectivity index (χ1) is 13.9. The largest absolute Gasteiger partial charge is 0.465 e. The van der Waals surface area contributed by atoms with Crippen LogP contribution in [0.25, 0.3) is 0 Å². The van der Waals surface area contributed by atoms with E-state index in [4.69, 9.17) is 9.47 Å². The third kappa shape index (κ3) is 6.10. The molecule has 1 aliphatic heterocycles. The van der Waals surface area contributed by atoms with Crippen molar-refractivity contribution in [2.24, 2.45) is 0 Å². The fourth-order valence-electron chi connectivity index (χ4n) is 3.49. The second-order valence-electron chi connectivity index (χ2n) is 8.50. The summed E-state index contributed by atoms with van der Waals surface area (Å²) in [5, 5.41) is 2.88. The Morgan fingerprint density at radius 1 is 1.20 bits per heavy atom. The molecule has 0 saturated carbocycles. The molecule has 0 aliphatic carbocycles. The van der Waals surface area contributed by atoms with Crippen LogP contribution in [0.5, 0.6) is 0 Å². The van der Waals surface area contributed by atoms with Crippen LogP contribution in [0.4, 0.5) is 10.5 Å². The topological polar surface area (TPSA) is 102 Å². The maximum atomic E-state index is 12.4. The van der Waals surface area contributed by atoms with Crippen molar-refractivity contribution in [2.45, 2.75) is 63.5 Å². The van der Waals surface area contributed by atoms with Gasteiger partial charge in [-0.25, -0.2) is 18.0 Å². The minimum Gasteiger partial charge on any atom is -0.465 e. The molecule has 168 valence electrons. The number of amides is 1. The number of anilines is 1. The minimum absolute atomic E-state index is 0.0437. The van der Waals surface area contributed by atoms with Crippen molar-refractivity contribution < 1.29 is 27.5 Å². The van der Waals surface area contributed by atoms with Gasteiger partial charge >= 0.3 is 12.1 Å². The summed E-state index contributed by atoms with van der Waals surface area (Å²) >= 11 is 0. The number of methoxy groups -OCH3 is 1. The van der Waals surface area contributed by atoms with Gasteiger partial charge in [0.15, 0.2) is 9.84 Å².